The third kappa shape index (κ3) is 3.48. The third-order valence-corrected chi connectivity index (χ3v) is 7.42. The molecule has 2 heterocycles. The van der Waals surface area contributed by atoms with Crippen molar-refractivity contribution in [2.24, 2.45) is 23.7 Å². The smallest absolute Gasteiger partial charge is 0.307 e. The molecule has 7 nitrogen and oxygen atoms in total. The van der Waals surface area contributed by atoms with Crippen LogP contribution < -0.4 is 5.32 Å². The van der Waals surface area contributed by atoms with E-state index in [0.717, 1.165) is 10.4 Å². The first-order valence-corrected chi connectivity index (χ1v) is 10.9. The van der Waals surface area contributed by atoms with Crippen LogP contribution in [0.2, 0.25) is 0 Å². The van der Waals surface area contributed by atoms with Gasteiger partial charge in [0.25, 0.3) is 5.91 Å². The van der Waals surface area contributed by atoms with Crippen LogP contribution in [-0.2, 0) is 20.7 Å². The molecular formula is C21H26N2O5S. The fraction of sp³-hybridized carbons (Fsp3) is 0.571. The molecule has 4 atom stereocenters. The van der Waals surface area contributed by atoms with Crippen LogP contribution in [0.5, 0.6) is 0 Å². The topological polar surface area (TPSA) is 95.9 Å². The lowest BCUT2D eigenvalue weighted by Gasteiger charge is -2.28. The summed E-state index contributed by atoms with van der Waals surface area (Å²) in [6, 6.07) is 0. The number of carbonyl (C=O) groups is 3. The predicted octanol–water partition coefficient (Wildman–Crippen LogP) is 2.55. The molecule has 1 aliphatic heterocycles. The summed E-state index contributed by atoms with van der Waals surface area (Å²) in [7, 11) is 0. The Balaban J connectivity index is 1.62. The molecule has 0 spiro atoms. The molecule has 8 heteroatoms. The zero-order chi connectivity index (χ0) is 20.7. The minimum Gasteiger partial charge on any atom is -0.481 e. The summed E-state index contributed by atoms with van der Waals surface area (Å²) in [4.78, 5) is 40.9. The van der Waals surface area contributed by atoms with E-state index in [1.165, 1.54) is 11.3 Å². The van der Waals surface area contributed by atoms with Gasteiger partial charge in [-0.25, -0.2) is 0 Å². The van der Waals surface area contributed by atoms with Crippen molar-refractivity contribution in [2.75, 3.05) is 31.6 Å². The van der Waals surface area contributed by atoms with Crippen LogP contribution in [0, 0.1) is 30.6 Å². The van der Waals surface area contributed by atoms with Gasteiger partial charge in [-0.2, -0.15) is 0 Å². The number of aryl methyl sites for hydroxylation is 1. The van der Waals surface area contributed by atoms with Gasteiger partial charge in [0.1, 0.15) is 5.00 Å². The number of nitrogens with zero attached hydrogens (tertiary/aromatic N) is 1. The van der Waals surface area contributed by atoms with E-state index in [2.05, 4.69) is 5.32 Å². The van der Waals surface area contributed by atoms with Gasteiger partial charge < -0.3 is 20.1 Å². The maximum Gasteiger partial charge on any atom is 0.307 e. The molecule has 1 aromatic rings. The number of anilines is 1. The zero-order valence-corrected chi connectivity index (χ0v) is 17.5. The number of rotatable bonds is 5. The maximum absolute atomic E-state index is 13.2. The summed E-state index contributed by atoms with van der Waals surface area (Å²) < 4.78 is 5.35. The van der Waals surface area contributed by atoms with Gasteiger partial charge in [-0.05, 0) is 37.2 Å². The van der Waals surface area contributed by atoms with Gasteiger partial charge in [-0.3, -0.25) is 14.4 Å². The number of carbonyl (C=O) groups excluding carboxylic acids is 2. The van der Waals surface area contributed by atoms with Crippen LogP contribution in [0.15, 0.2) is 12.2 Å². The van der Waals surface area contributed by atoms with Crippen molar-refractivity contribution >= 4 is 34.1 Å². The normalized spacial score (nSPS) is 28.0. The Morgan fingerprint density at radius 1 is 1.21 bits per heavy atom. The molecule has 2 fully saturated rings. The molecule has 2 N–H and O–H groups in total. The molecule has 1 aromatic heterocycles. The number of carboxylic acid groups (broad SMARTS) is 1. The summed E-state index contributed by atoms with van der Waals surface area (Å²) >= 11 is 1.40. The standard InChI is InChI=1S/C21H26N2O5S/c1-3-14-11(2)29-19(17(14)20(25)23-6-8-28-9-7-23)22-18(24)15-12-4-5-13(10-12)16(15)21(26)27/h4-5,12-13,15-16H,3,6-10H2,1-2H3,(H,22,24)(H,26,27)/t12-,13-,15-,16-/m0/s1. The average molecular weight is 419 g/mol. The first kappa shape index (κ1) is 20.1. The van der Waals surface area contributed by atoms with Crippen molar-refractivity contribution in [3.8, 4) is 0 Å². The number of morpholine rings is 1. The van der Waals surface area contributed by atoms with Crippen molar-refractivity contribution in [3.63, 3.8) is 0 Å². The SMILES string of the molecule is CCc1c(C)sc(NC(=O)[C@@H]2[C@@H](C(=O)O)[C@H]3C=C[C@H]2C3)c1C(=O)N1CCOCC1. The van der Waals surface area contributed by atoms with Crippen molar-refractivity contribution in [2.45, 2.75) is 26.7 Å². The number of hydrogen-bond donors (Lipinski definition) is 2. The average Bonchev–Trinajstić information content (AvgIpc) is 3.40. The number of ether oxygens (including phenoxy) is 1. The molecule has 4 rings (SSSR count). The van der Waals surface area contributed by atoms with Gasteiger partial charge in [-0.15, -0.1) is 11.3 Å². The summed E-state index contributed by atoms with van der Waals surface area (Å²) in [5.41, 5.74) is 1.50. The Morgan fingerprint density at radius 3 is 2.48 bits per heavy atom. The number of fused-ring (bicyclic) bond motifs is 2. The zero-order valence-electron chi connectivity index (χ0n) is 16.6. The second kappa shape index (κ2) is 7.91. The van der Waals surface area contributed by atoms with Crippen LogP contribution >= 0.6 is 11.3 Å². The first-order valence-electron chi connectivity index (χ1n) is 10.1. The molecule has 156 valence electrons. The predicted molar refractivity (Wildman–Crippen MR) is 109 cm³/mol. The lowest BCUT2D eigenvalue weighted by atomic mass is 9.82. The van der Waals surface area contributed by atoms with Gasteiger partial charge in [0.05, 0.1) is 30.6 Å². The Hall–Kier alpha value is -2.19. The number of amides is 2. The summed E-state index contributed by atoms with van der Waals surface area (Å²) in [5.74, 6) is -2.74. The Kier molecular flexibility index (Phi) is 5.48. The van der Waals surface area contributed by atoms with E-state index >= 15 is 0 Å². The van der Waals surface area contributed by atoms with Crippen LogP contribution in [0.3, 0.4) is 0 Å². The van der Waals surface area contributed by atoms with Crippen LogP contribution in [0.1, 0.15) is 34.1 Å². The van der Waals surface area contributed by atoms with E-state index in [9.17, 15) is 19.5 Å². The fourth-order valence-corrected chi connectivity index (χ4v) is 6.09. The highest BCUT2D eigenvalue weighted by Crippen LogP contribution is 2.49. The minimum atomic E-state index is -0.928. The molecule has 29 heavy (non-hydrogen) atoms. The number of nitrogens with one attached hydrogen (secondary N) is 1. The lowest BCUT2D eigenvalue weighted by Crippen LogP contribution is -2.41. The second-order valence-electron chi connectivity index (χ2n) is 7.93. The van der Waals surface area contributed by atoms with E-state index in [0.29, 0.717) is 49.7 Å². The highest BCUT2D eigenvalue weighted by molar-refractivity contribution is 7.16. The van der Waals surface area contributed by atoms with Gasteiger partial charge >= 0.3 is 5.97 Å². The summed E-state index contributed by atoms with van der Waals surface area (Å²) in [6.45, 7) is 6.03. The van der Waals surface area contributed by atoms with Crippen molar-refractivity contribution < 1.29 is 24.2 Å². The monoisotopic (exact) mass is 418 g/mol. The molecule has 0 aromatic carbocycles. The number of aliphatic carboxylic acids is 1. The fourth-order valence-electron chi connectivity index (χ4n) is 4.95. The van der Waals surface area contributed by atoms with E-state index in [-0.39, 0.29) is 23.7 Å². The van der Waals surface area contributed by atoms with Gasteiger partial charge in [-0.1, -0.05) is 19.1 Å². The Bertz CT molecular complexity index is 871. The Labute approximate surface area is 173 Å². The van der Waals surface area contributed by atoms with Crippen LogP contribution in [-0.4, -0.2) is 54.1 Å². The minimum absolute atomic E-state index is 0.0498. The molecule has 3 aliphatic rings. The van der Waals surface area contributed by atoms with Crippen molar-refractivity contribution in [1.82, 2.24) is 4.90 Å². The summed E-state index contributed by atoms with van der Waals surface area (Å²) in [6.07, 6.45) is 5.28. The van der Waals surface area contributed by atoms with Crippen LogP contribution in [0.25, 0.3) is 0 Å². The largest absolute Gasteiger partial charge is 0.481 e. The molecule has 2 aliphatic carbocycles. The number of hydrogen-bond acceptors (Lipinski definition) is 5. The highest BCUT2D eigenvalue weighted by atomic mass is 32.1. The third-order valence-electron chi connectivity index (χ3n) is 6.36. The number of allylic oxidation sites excluding steroid dienone is 2. The van der Waals surface area contributed by atoms with Gasteiger partial charge in [0.2, 0.25) is 5.91 Å². The first-order chi connectivity index (χ1) is 13.9. The van der Waals surface area contributed by atoms with E-state index in [1.54, 1.807) is 4.90 Å². The van der Waals surface area contributed by atoms with E-state index in [4.69, 9.17) is 4.74 Å². The molecular weight excluding hydrogens is 392 g/mol. The Morgan fingerprint density at radius 2 is 1.86 bits per heavy atom. The molecule has 0 unspecified atom stereocenters. The van der Waals surface area contributed by atoms with Crippen molar-refractivity contribution in [3.05, 3.63) is 28.2 Å². The van der Waals surface area contributed by atoms with Gasteiger partial charge in [0.15, 0.2) is 0 Å². The quantitative estimate of drug-likeness (QED) is 0.717. The van der Waals surface area contributed by atoms with Gasteiger partial charge in [0, 0.05) is 18.0 Å². The second-order valence-corrected chi connectivity index (χ2v) is 9.15. The lowest BCUT2D eigenvalue weighted by molar-refractivity contribution is -0.146. The maximum atomic E-state index is 13.2. The van der Waals surface area contributed by atoms with Crippen molar-refractivity contribution in [1.29, 1.82) is 0 Å². The number of thiophene rings is 1. The van der Waals surface area contributed by atoms with Crippen LogP contribution in [0.4, 0.5) is 5.00 Å². The molecule has 2 amide bonds. The molecule has 2 bridgehead atoms. The molecule has 1 saturated heterocycles. The molecule has 1 saturated carbocycles. The molecule has 0 radical (unpaired) electrons. The number of carboxylic acids is 1. The van der Waals surface area contributed by atoms with E-state index in [1.807, 2.05) is 26.0 Å². The highest BCUT2D eigenvalue weighted by Gasteiger charge is 2.51. The summed E-state index contributed by atoms with van der Waals surface area (Å²) in [5, 5.41) is 13.1. The van der Waals surface area contributed by atoms with E-state index < -0.39 is 17.8 Å².